The maximum absolute atomic E-state index is 11.9. The van der Waals surface area contributed by atoms with Gasteiger partial charge in [0, 0.05) is 35.1 Å². The second kappa shape index (κ2) is 12.9. The second-order valence-corrected chi connectivity index (χ2v) is 14.0. The number of allylic oxidation sites excluding steroid dienone is 10. The molecule has 1 heterocycles. The fourth-order valence-electron chi connectivity index (χ4n) is 7.09. The number of hydrogen-bond donors (Lipinski definition) is 1. The first-order chi connectivity index (χ1) is 22.5. The molecule has 2 aliphatic carbocycles. The summed E-state index contributed by atoms with van der Waals surface area (Å²) in [7, 11) is -4.35. The fourth-order valence-corrected chi connectivity index (χ4v) is 7.60. The van der Waals surface area contributed by atoms with Crippen molar-refractivity contribution in [3.05, 3.63) is 137 Å². The van der Waals surface area contributed by atoms with E-state index in [0.717, 1.165) is 64.8 Å². The van der Waals surface area contributed by atoms with Gasteiger partial charge >= 0.3 is 5.97 Å². The molecule has 0 bridgehead atoms. The Labute approximate surface area is 277 Å². The number of fused-ring (bicyclic) bond motifs is 3. The van der Waals surface area contributed by atoms with Gasteiger partial charge in [-0.15, -0.1) is 0 Å². The highest BCUT2D eigenvalue weighted by Gasteiger charge is 2.41. The zero-order chi connectivity index (χ0) is 33.3. The molecule has 47 heavy (non-hydrogen) atoms. The highest BCUT2D eigenvalue weighted by molar-refractivity contribution is 7.85. The third-order valence-corrected chi connectivity index (χ3v) is 10.1. The number of para-hydroxylation sites is 1. The fraction of sp³-hybridized carbons (Fsp3) is 0.256. The van der Waals surface area contributed by atoms with Crippen LogP contribution in [0.5, 0.6) is 0 Å². The molecule has 8 heteroatoms. The number of carbonyl (C=O) groups excluding carboxylic acids is 1. The minimum absolute atomic E-state index is 0.141. The molecule has 3 aliphatic rings. The van der Waals surface area contributed by atoms with Gasteiger partial charge < -0.3 is 14.5 Å². The molecule has 0 aromatic heterocycles. The summed E-state index contributed by atoms with van der Waals surface area (Å²) in [6, 6.07) is 19.0. The zero-order valence-corrected chi connectivity index (χ0v) is 27.9. The van der Waals surface area contributed by atoms with Gasteiger partial charge in [-0.25, -0.2) is 0 Å². The third kappa shape index (κ3) is 6.23. The van der Waals surface area contributed by atoms with Crippen LogP contribution in [0.4, 0.5) is 11.4 Å². The lowest BCUT2D eigenvalue weighted by Crippen LogP contribution is -2.29. The lowest BCUT2D eigenvalue weighted by molar-refractivity contribution is -0.140. The van der Waals surface area contributed by atoms with Crippen LogP contribution < -0.4 is 9.80 Å². The molecule has 0 spiro atoms. The van der Waals surface area contributed by atoms with Crippen LogP contribution in [-0.4, -0.2) is 32.1 Å². The molecule has 0 amide bonds. The molecule has 0 fully saturated rings. The molecule has 3 aromatic carbocycles. The molecule has 6 rings (SSSR count). The lowest BCUT2D eigenvalue weighted by atomic mass is 9.81. The Kier molecular flexibility index (Phi) is 8.83. The Balaban J connectivity index is 1.48. The average Bonchev–Trinajstić information content (AvgIpc) is 3.55. The van der Waals surface area contributed by atoms with E-state index < -0.39 is 15.5 Å². The van der Waals surface area contributed by atoms with Gasteiger partial charge in [0.2, 0.25) is 0 Å². The topological polar surface area (TPSA) is 87.2 Å². The monoisotopic (exact) mass is 648 g/mol. The lowest BCUT2D eigenvalue weighted by Gasteiger charge is -2.31. The predicted molar refractivity (Wildman–Crippen MR) is 189 cm³/mol. The van der Waals surface area contributed by atoms with Gasteiger partial charge in [0.05, 0.1) is 17.1 Å². The van der Waals surface area contributed by atoms with Crippen molar-refractivity contribution in [1.82, 2.24) is 0 Å². The van der Waals surface area contributed by atoms with Gasteiger partial charge in [0.1, 0.15) is 6.61 Å². The first-order valence-corrected chi connectivity index (χ1v) is 17.4. The number of anilines is 2. The van der Waals surface area contributed by atoms with Crippen molar-refractivity contribution in [2.75, 3.05) is 23.0 Å². The van der Waals surface area contributed by atoms with Crippen molar-refractivity contribution in [2.45, 2.75) is 56.8 Å². The van der Waals surface area contributed by atoms with E-state index in [1.165, 1.54) is 35.9 Å². The van der Waals surface area contributed by atoms with Crippen molar-refractivity contribution < 1.29 is 22.5 Å². The van der Waals surface area contributed by atoms with Crippen LogP contribution in [0.2, 0.25) is 0 Å². The molecule has 3 aromatic rings. The van der Waals surface area contributed by atoms with E-state index in [9.17, 15) is 17.8 Å². The molecule has 0 atom stereocenters. The van der Waals surface area contributed by atoms with Gasteiger partial charge in [-0.2, -0.15) is 8.42 Å². The van der Waals surface area contributed by atoms with E-state index in [0.29, 0.717) is 6.54 Å². The van der Waals surface area contributed by atoms with Crippen molar-refractivity contribution in [1.29, 1.82) is 0 Å². The first kappa shape index (κ1) is 32.3. The Morgan fingerprint density at radius 3 is 2.53 bits per heavy atom. The second-order valence-electron chi connectivity index (χ2n) is 12.6. The molecule has 1 N–H and O–H groups in total. The smallest absolute Gasteiger partial charge is 0.302 e. The summed E-state index contributed by atoms with van der Waals surface area (Å²) in [4.78, 5) is 16.1. The maximum Gasteiger partial charge on any atom is 0.302 e. The molecular weight excluding hydrogens is 609 g/mol. The van der Waals surface area contributed by atoms with Gasteiger partial charge in [0.25, 0.3) is 10.1 Å². The first-order valence-electron chi connectivity index (χ1n) is 15.9. The largest absolute Gasteiger partial charge is 0.464 e. The van der Waals surface area contributed by atoms with E-state index in [2.05, 4.69) is 84.9 Å². The van der Waals surface area contributed by atoms with Crippen LogP contribution in [0, 0.1) is 0 Å². The number of esters is 1. The normalized spacial score (nSPS) is 19.0. The van der Waals surface area contributed by atoms with Gasteiger partial charge in [-0.1, -0.05) is 75.1 Å². The highest BCUT2D eigenvalue weighted by Crippen LogP contribution is 2.51. The van der Waals surface area contributed by atoms with Crippen molar-refractivity contribution in [3.8, 4) is 0 Å². The summed E-state index contributed by atoms with van der Waals surface area (Å²) in [5.74, 6) is -0.335. The standard InChI is InChI=1S/C39H40N2O5S/c1-5-28-16-17-29(38(28)41(31-12-8-6-9-13-31)32-14-10-7-11-15-32)19-23-36-39(3,4)37-34-21-20-33(47(43,44)45)26-30(34)18-22-35(37)40(36)24-25-46-27(2)42/h5-10,12-14,18-23,26H,1,11,15-17,24-25H2,2-4H3,(H,43,44,45)/b29-19+,36-23+. The van der Waals surface area contributed by atoms with E-state index in [1.54, 1.807) is 6.07 Å². The molecule has 0 radical (unpaired) electrons. The molecule has 0 saturated carbocycles. The van der Waals surface area contributed by atoms with Crippen LogP contribution >= 0.6 is 0 Å². The number of benzene rings is 3. The van der Waals surface area contributed by atoms with Gasteiger partial charge in [-0.05, 0) is 95.6 Å². The SMILES string of the molecule is C=CC1=C(N(C2=CC=CCC2)c2ccccc2)/C(=C/C=C2/N(CCOC(C)=O)c3ccc4cc(S(=O)(=O)O)ccc4c3C2(C)C)CC1. The van der Waals surface area contributed by atoms with E-state index in [1.807, 2.05) is 24.3 Å². The van der Waals surface area contributed by atoms with Crippen molar-refractivity contribution in [2.24, 2.45) is 0 Å². The van der Waals surface area contributed by atoms with E-state index in [4.69, 9.17) is 4.74 Å². The van der Waals surface area contributed by atoms with E-state index >= 15 is 0 Å². The molecule has 7 nitrogen and oxygen atoms in total. The highest BCUT2D eigenvalue weighted by atomic mass is 32.2. The summed E-state index contributed by atoms with van der Waals surface area (Å²) in [5.41, 5.74) is 8.49. The minimum Gasteiger partial charge on any atom is -0.464 e. The quantitative estimate of drug-likeness (QED) is 0.184. The average molecular weight is 649 g/mol. The summed E-state index contributed by atoms with van der Waals surface area (Å²) >= 11 is 0. The van der Waals surface area contributed by atoms with Gasteiger partial charge in [0.15, 0.2) is 0 Å². The van der Waals surface area contributed by atoms with E-state index in [-0.39, 0.29) is 17.5 Å². The minimum atomic E-state index is -4.35. The Bertz CT molecular complexity index is 2020. The maximum atomic E-state index is 11.9. The Hall–Kier alpha value is -4.66. The number of ether oxygens (including phenoxy) is 1. The molecule has 0 unspecified atom stereocenters. The number of nitrogens with zero attached hydrogens (tertiary/aromatic N) is 2. The Morgan fingerprint density at radius 2 is 1.85 bits per heavy atom. The summed E-state index contributed by atoms with van der Waals surface area (Å²) in [6.45, 7) is 10.6. The summed E-state index contributed by atoms with van der Waals surface area (Å²) in [5, 5.41) is 1.62. The Morgan fingerprint density at radius 1 is 1.06 bits per heavy atom. The number of rotatable bonds is 9. The van der Waals surface area contributed by atoms with Gasteiger partial charge in [-0.3, -0.25) is 9.35 Å². The molecule has 1 aliphatic heterocycles. The van der Waals surface area contributed by atoms with Crippen molar-refractivity contribution >= 4 is 38.2 Å². The number of hydrogen-bond acceptors (Lipinski definition) is 6. The molecule has 0 saturated heterocycles. The summed E-state index contributed by atoms with van der Waals surface area (Å²) in [6.07, 6.45) is 16.6. The van der Waals surface area contributed by atoms with Crippen LogP contribution in [0.1, 0.15) is 52.0 Å². The van der Waals surface area contributed by atoms with Crippen LogP contribution in [0.15, 0.2) is 137 Å². The summed E-state index contributed by atoms with van der Waals surface area (Å²) < 4.78 is 38.9. The van der Waals surface area contributed by atoms with Crippen LogP contribution in [0.25, 0.3) is 10.8 Å². The number of carbonyl (C=O) groups is 1. The molecule has 242 valence electrons. The zero-order valence-electron chi connectivity index (χ0n) is 27.1. The third-order valence-electron chi connectivity index (χ3n) is 9.21. The van der Waals surface area contributed by atoms with Crippen molar-refractivity contribution in [3.63, 3.8) is 0 Å². The van der Waals surface area contributed by atoms with Crippen LogP contribution in [0.3, 0.4) is 0 Å². The van der Waals surface area contributed by atoms with Crippen LogP contribution in [-0.2, 0) is 25.1 Å². The predicted octanol–water partition coefficient (Wildman–Crippen LogP) is 8.53. The molecular formula is C39H40N2O5S.